The molecule has 0 spiro atoms. The largest absolute Gasteiger partial charge is 0.508 e. The lowest BCUT2D eigenvalue weighted by molar-refractivity contribution is -0.140. The van der Waals surface area contributed by atoms with E-state index in [0.717, 1.165) is 16.7 Å². The molecule has 1 aromatic rings. The van der Waals surface area contributed by atoms with E-state index in [1.807, 2.05) is 0 Å². The Morgan fingerprint density at radius 1 is 1.36 bits per heavy atom. The maximum Gasteiger partial charge on any atom is 0.323 e. The van der Waals surface area contributed by atoms with Gasteiger partial charge in [-0.15, -0.1) is 0 Å². The molecule has 1 fully saturated rings. The summed E-state index contributed by atoms with van der Waals surface area (Å²) in [5.74, 6) is -1.62. The molecule has 1 aliphatic heterocycles. The van der Waals surface area contributed by atoms with Gasteiger partial charge in [0.1, 0.15) is 22.4 Å². The Bertz CT molecular complexity index is 711. The lowest BCUT2D eigenvalue weighted by Gasteiger charge is -2.09. The quantitative estimate of drug-likeness (QED) is 0.439. The van der Waals surface area contributed by atoms with Crippen LogP contribution in [0.5, 0.6) is 11.5 Å². The monoisotopic (exact) mass is 337 g/mol. The molecular formula is C14H11NO5S2. The number of carboxylic acids is 1. The molecule has 0 unspecified atom stereocenters. The van der Waals surface area contributed by atoms with E-state index in [1.165, 1.54) is 36.4 Å². The minimum atomic E-state index is -1.14. The number of aliphatic carboxylic acids is 1. The van der Waals surface area contributed by atoms with Crippen LogP contribution < -0.4 is 0 Å². The molecule has 0 atom stereocenters. The first-order valence-corrected chi connectivity index (χ1v) is 7.27. The van der Waals surface area contributed by atoms with Gasteiger partial charge in [-0.05, 0) is 24.3 Å². The van der Waals surface area contributed by atoms with Crippen molar-refractivity contribution in [2.24, 2.45) is 0 Å². The molecule has 1 aromatic carbocycles. The van der Waals surface area contributed by atoms with Crippen LogP contribution >= 0.6 is 24.0 Å². The van der Waals surface area contributed by atoms with Crippen LogP contribution in [0.4, 0.5) is 0 Å². The van der Waals surface area contributed by atoms with E-state index in [1.54, 1.807) is 0 Å². The molecule has 3 N–H and O–H groups in total. The number of aromatic hydroxyl groups is 2. The molecule has 2 rings (SSSR count). The van der Waals surface area contributed by atoms with Crippen LogP contribution in [0.15, 0.2) is 35.3 Å². The van der Waals surface area contributed by atoms with Crippen LogP contribution in [-0.2, 0) is 9.59 Å². The second kappa shape index (κ2) is 6.63. The molecular weight excluding hydrogens is 326 g/mol. The number of hydrogen-bond acceptors (Lipinski definition) is 6. The number of nitrogens with zero attached hydrogens (tertiary/aromatic N) is 1. The summed E-state index contributed by atoms with van der Waals surface area (Å²) in [6, 6.07) is 4.07. The normalized spacial score (nSPS) is 16.9. The third-order valence-electron chi connectivity index (χ3n) is 2.70. The first-order chi connectivity index (χ1) is 10.4. The Hall–Kier alpha value is -2.32. The predicted octanol–water partition coefficient (Wildman–Crippen LogP) is 1.94. The molecule has 0 aromatic heterocycles. The number of carbonyl (C=O) groups excluding carboxylic acids is 1. The van der Waals surface area contributed by atoms with Crippen LogP contribution in [0.25, 0.3) is 6.08 Å². The summed E-state index contributed by atoms with van der Waals surface area (Å²) in [6.45, 7) is -0.473. The van der Waals surface area contributed by atoms with E-state index in [9.17, 15) is 19.8 Å². The highest BCUT2D eigenvalue weighted by Crippen LogP contribution is 2.31. The zero-order valence-electron chi connectivity index (χ0n) is 11.1. The summed E-state index contributed by atoms with van der Waals surface area (Å²) < 4.78 is 0.187. The molecule has 22 heavy (non-hydrogen) atoms. The van der Waals surface area contributed by atoms with Gasteiger partial charge in [0.2, 0.25) is 0 Å². The van der Waals surface area contributed by atoms with Crippen molar-refractivity contribution in [1.82, 2.24) is 4.90 Å². The lowest BCUT2D eigenvalue weighted by atomic mass is 10.1. The summed E-state index contributed by atoms with van der Waals surface area (Å²) in [7, 11) is 0. The number of allylic oxidation sites excluding steroid dienone is 2. The van der Waals surface area contributed by atoms with Crippen LogP contribution in [0.2, 0.25) is 0 Å². The van der Waals surface area contributed by atoms with E-state index < -0.39 is 18.4 Å². The number of carbonyl (C=O) groups is 2. The summed E-state index contributed by atoms with van der Waals surface area (Å²) in [6.07, 6.45) is 4.51. The van der Waals surface area contributed by atoms with Gasteiger partial charge in [-0.25, -0.2) is 0 Å². The molecule has 1 aliphatic rings. The zero-order chi connectivity index (χ0) is 16.3. The van der Waals surface area contributed by atoms with Crippen molar-refractivity contribution >= 4 is 46.3 Å². The number of phenolic OH excluding ortho intramolecular Hbond substituents is 2. The van der Waals surface area contributed by atoms with Crippen molar-refractivity contribution in [2.45, 2.75) is 0 Å². The fourth-order valence-corrected chi connectivity index (χ4v) is 2.91. The van der Waals surface area contributed by atoms with Crippen LogP contribution in [0.3, 0.4) is 0 Å². The number of carboxylic acid groups (broad SMARTS) is 1. The van der Waals surface area contributed by atoms with Gasteiger partial charge in [-0.2, -0.15) is 0 Å². The average molecular weight is 337 g/mol. The van der Waals surface area contributed by atoms with Crippen LogP contribution in [0.1, 0.15) is 5.56 Å². The standard InChI is InChI=1S/C14H11NO5S2/c16-9-4-5-10(17)8(6-9)2-1-3-11-13(20)15(7-12(18)19)14(21)22-11/h1-6,16-17H,7H2,(H,18,19). The van der Waals surface area contributed by atoms with E-state index in [-0.39, 0.29) is 15.8 Å². The predicted molar refractivity (Wildman–Crippen MR) is 86.4 cm³/mol. The number of thiocarbonyl (C=S) groups is 1. The first kappa shape index (κ1) is 16.1. The third kappa shape index (κ3) is 3.66. The highest BCUT2D eigenvalue weighted by Gasteiger charge is 2.32. The van der Waals surface area contributed by atoms with Gasteiger partial charge in [0.05, 0.1) is 4.91 Å². The number of rotatable bonds is 4. The number of thioether (sulfide) groups is 1. The highest BCUT2D eigenvalue weighted by molar-refractivity contribution is 8.26. The topological polar surface area (TPSA) is 98.1 Å². The number of amides is 1. The Balaban J connectivity index is 2.15. The van der Waals surface area contributed by atoms with Crippen molar-refractivity contribution in [3.63, 3.8) is 0 Å². The Morgan fingerprint density at radius 3 is 2.77 bits per heavy atom. The van der Waals surface area contributed by atoms with Crippen molar-refractivity contribution in [3.8, 4) is 11.5 Å². The van der Waals surface area contributed by atoms with Gasteiger partial charge in [0.25, 0.3) is 5.91 Å². The molecule has 114 valence electrons. The molecule has 0 saturated carbocycles. The fourth-order valence-electron chi connectivity index (χ4n) is 1.70. The molecule has 0 bridgehead atoms. The Kier molecular flexibility index (Phi) is 4.84. The second-order valence-electron chi connectivity index (χ2n) is 4.29. The third-order valence-corrected chi connectivity index (χ3v) is 4.10. The smallest absolute Gasteiger partial charge is 0.323 e. The van der Waals surface area contributed by atoms with Crippen molar-refractivity contribution < 1.29 is 24.9 Å². The van der Waals surface area contributed by atoms with Gasteiger partial charge >= 0.3 is 5.97 Å². The molecule has 1 amide bonds. The SMILES string of the molecule is O=C(O)CN1C(=O)C(=CC=Cc2cc(O)ccc2O)SC1=S. The van der Waals surface area contributed by atoms with Crippen LogP contribution in [-0.4, -0.2) is 43.0 Å². The molecule has 0 radical (unpaired) electrons. The first-order valence-electron chi connectivity index (χ1n) is 6.04. The van der Waals surface area contributed by atoms with Crippen LogP contribution in [0, 0.1) is 0 Å². The van der Waals surface area contributed by atoms with E-state index in [0.29, 0.717) is 10.5 Å². The van der Waals surface area contributed by atoms with Gasteiger partial charge in [-0.3, -0.25) is 14.5 Å². The van der Waals surface area contributed by atoms with E-state index >= 15 is 0 Å². The van der Waals surface area contributed by atoms with Crippen molar-refractivity contribution in [2.75, 3.05) is 6.54 Å². The highest BCUT2D eigenvalue weighted by atomic mass is 32.2. The molecule has 6 nitrogen and oxygen atoms in total. The average Bonchev–Trinajstić information content (AvgIpc) is 2.70. The summed E-state index contributed by atoms with van der Waals surface area (Å²) >= 11 is 5.97. The number of phenols is 2. The van der Waals surface area contributed by atoms with Gasteiger partial charge in [0, 0.05) is 5.56 Å². The maximum atomic E-state index is 12.0. The fraction of sp³-hybridized carbons (Fsp3) is 0.0714. The van der Waals surface area contributed by atoms with E-state index in [4.69, 9.17) is 17.3 Å². The minimum absolute atomic E-state index is 0.00484. The van der Waals surface area contributed by atoms with E-state index in [2.05, 4.69) is 0 Å². The summed E-state index contributed by atoms with van der Waals surface area (Å²) in [5, 5.41) is 27.7. The number of hydrogen-bond donors (Lipinski definition) is 3. The minimum Gasteiger partial charge on any atom is -0.508 e. The van der Waals surface area contributed by atoms with Crippen molar-refractivity contribution in [3.05, 3.63) is 40.8 Å². The summed E-state index contributed by atoms with van der Waals surface area (Å²) in [4.78, 5) is 24.0. The zero-order valence-corrected chi connectivity index (χ0v) is 12.7. The molecule has 8 heteroatoms. The molecule has 0 aliphatic carbocycles. The lowest BCUT2D eigenvalue weighted by Crippen LogP contribution is -2.33. The molecule has 1 saturated heterocycles. The van der Waals surface area contributed by atoms with Gasteiger partial charge in [-0.1, -0.05) is 36.1 Å². The summed E-state index contributed by atoms with van der Waals surface area (Å²) in [5.41, 5.74) is 0.386. The Labute approximate surface area is 135 Å². The number of benzene rings is 1. The second-order valence-corrected chi connectivity index (χ2v) is 5.96. The molecule has 1 heterocycles. The van der Waals surface area contributed by atoms with Gasteiger partial charge in [0.15, 0.2) is 0 Å². The van der Waals surface area contributed by atoms with Gasteiger partial charge < -0.3 is 15.3 Å². The van der Waals surface area contributed by atoms with Crippen molar-refractivity contribution in [1.29, 1.82) is 0 Å². The maximum absolute atomic E-state index is 12.0. The Morgan fingerprint density at radius 2 is 2.09 bits per heavy atom.